The number of rotatable bonds is 8. The number of aromatic carboxylic acids is 2. The van der Waals surface area contributed by atoms with Crippen LogP contribution in [0, 0.1) is 81.3 Å². The SMILES string of the molecule is CCOc1ccc(C2CCC3C4NC(NC5NC(NC6NC(NC7NC(N4)C4C7CCCC4C(C)(C)C)C4C6CCCC4C(C)(C)C)C4C5CCCC4C(C)(C)C)C3C2c2ccc(OCC)cc2C(=O)O)c(C(=O)O)c1. The minimum absolute atomic E-state index is 0.0259. The quantitative estimate of drug-likeness (QED) is 0.120. The molecule has 14 nitrogen and oxygen atoms in total. The van der Waals surface area contributed by atoms with Crippen molar-refractivity contribution in [2.45, 2.75) is 208 Å². The van der Waals surface area contributed by atoms with Gasteiger partial charge < -0.3 is 19.7 Å². The van der Waals surface area contributed by atoms with Gasteiger partial charge in [0.2, 0.25) is 0 Å². The molecule has 9 fully saturated rings. The van der Waals surface area contributed by atoms with E-state index in [1.54, 1.807) is 12.1 Å². The number of fused-ring (bicyclic) bond motifs is 20. The Balaban J connectivity index is 1.07. The number of ether oxygens (including phenoxy) is 2. The van der Waals surface area contributed by atoms with Gasteiger partial charge in [0.05, 0.1) is 73.7 Å². The Bertz CT molecular complexity index is 2420. The fourth-order valence-electron chi connectivity index (χ4n) is 18.7. The van der Waals surface area contributed by atoms with Crippen molar-refractivity contribution < 1.29 is 29.3 Å². The fourth-order valence-corrected chi connectivity index (χ4v) is 18.7. The van der Waals surface area contributed by atoms with Gasteiger partial charge in [-0.3, -0.25) is 42.5 Å². The van der Waals surface area contributed by atoms with Crippen molar-refractivity contribution in [3.63, 3.8) is 0 Å². The van der Waals surface area contributed by atoms with E-state index in [4.69, 9.17) is 9.47 Å². The van der Waals surface area contributed by atoms with Crippen LogP contribution in [-0.4, -0.2) is 84.7 Å². The highest BCUT2D eigenvalue weighted by Crippen LogP contribution is 2.58. The molecular formula is C62H96N8O6. The minimum Gasteiger partial charge on any atom is -0.494 e. The molecule has 21 unspecified atom stereocenters. The largest absolute Gasteiger partial charge is 0.494 e. The lowest BCUT2D eigenvalue weighted by Gasteiger charge is -2.47. The number of nitrogens with one attached hydrogen (secondary N) is 8. The first kappa shape index (κ1) is 54.6. The van der Waals surface area contributed by atoms with Crippen molar-refractivity contribution in [3.8, 4) is 11.5 Å². The molecule has 4 saturated carbocycles. The van der Waals surface area contributed by atoms with E-state index in [9.17, 15) is 19.8 Å². The summed E-state index contributed by atoms with van der Waals surface area (Å²) in [6.45, 7) is 26.8. The highest BCUT2D eigenvalue weighted by atomic mass is 16.5. The van der Waals surface area contributed by atoms with Crippen molar-refractivity contribution >= 4 is 11.9 Å². The zero-order valence-electron chi connectivity index (χ0n) is 47.8. The Morgan fingerprint density at radius 3 is 1.12 bits per heavy atom. The highest BCUT2D eigenvalue weighted by molar-refractivity contribution is 5.91. The zero-order valence-corrected chi connectivity index (χ0v) is 47.8. The molecule has 420 valence electrons. The Hall–Kier alpha value is -3.34. The standard InChI is InChI=1S/C62H96N8O6/c1-12-75-31-23-25-33(40(29-31)58(71)72)34-27-28-39-49(45(34)35-26-24-32(76-13-2)30-41(35)59(73)74)57-69-52-38-19-16-22-44(62(9,10)11)48(38)55(67-52)65-50-36-17-14-20-42(60(3,4)5)46(36)54(63-50)64-51-37-18-15-21-43(61(6,7)8)47(37)56(66-51)68-53(39)70-57/h23-26,29-30,34,36-39,42-57,63-70H,12-22,27-28H2,1-11H3,(H,71,72)(H,73,74). The van der Waals surface area contributed by atoms with Crippen molar-refractivity contribution in [2.24, 2.45) is 81.3 Å². The van der Waals surface area contributed by atoms with Crippen molar-refractivity contribution in [2.75, 3.05) is 13.2 Å². The molecule has 14 heteroatoms. The second-order valence-electron chi connectivity index (χ2n) is 28.5. The number of carboxylic acid groups (broad SMARTS) is 2. The smallest absolute Gasteiger partial charge is 0.336 e. The van der Waals surface area contributed by atoms with E-state index in [-0.39, 0.29) is 100 Å². The number of hydrogen-bond acceptors (Lipinski definition) is 12. The highest BCUT2D eigenvalue weighted by Gasteiger charge is 2.61. The Morgan fingerprint density at radius 1 is 0.447 bits per heavy atom. The normalized spacial score (nSPS) is 41.3. The van der Waals surface area contributed by atoms with Gasteiger partial charge >= 0.3 is 11.9 Å². The molecular weight excluding hydrogens is 953 g/mol. The van der Waals surface area contributed by atoms with Crippen LogP contribution in [0.25, 0.3) is 0 Å². The molecule has 11 rings (SSSR count). The van der Waals surface area contributed by atoms with E-state index in [1.807, 2.05) is 38.1 Å². The van der Waals surface area contributed by atoms with E-state index in [2.05, 4.69) is 105 Å². The molecule has 76 heavy (non-hydrogen) atoms. The van der Waals surface area contributed by atoms with Crippen LogP contribution in [0.2, 0.25) is 0 Å². The molecule has 2 aromatic rings. The van der Waals surface area contributed by atoms with E-state index < -0.39 is 11.9 Å². The fraction of sp³-hybridized carbons (Fsp3) is 0.774. The van der Waals surface area contributed by atoms with Gasteiger partial charge in [0.15, 0.2) is 0 Å². The van der Waals surface area contributed by atoms with Crippen LogP contribution in [0.1, 0.15) is 190 Å². The topological polar surface area (TPSA) is 189 Å². The molecule has 8 bridgehead atoms. The summed E-state index contributed by atoms with van der Waals surface area (Å²) in [5.74, 6) is 2.45. The molecule has 5 heterocycles. The molecule has 9 aliphatic rings. The summed E-state index contributed by atoms with van der Waals surface area (Å²) in [5, 5.41) is 57.3. The average Bonchev–Trinajstić information content (AvgIpc) is 4.19. The van der Waals surface area contributed by atoms with Gasteiger partial charge in [0, 0.05) is 5.92 Å². The van der Waals surface area contributed by atoms with Crippen LogP contribution >= 0.6 is 0 Å². The van der Waals surface area contributed by atoms with E-state index in [0.717, 1.165) is 24.0 Å². The second kappa shape index (κ2) is 21.0. The van der Waals surface area contributed by atoms with Gasteiger partial charge in [-0.2, -0.15) is 0 Å². The minimum atomic E-state index is -1.01. The number of hydrogen-bond donors (Lipinski definition) is 10. The summed E-state index contributed by atoms with van der Waals surface area (Å²) < 4.78 is 11.9. The predicted octanol–water partition coefficient (Wildman–Crippen LogP) is 9.40. The number of carbonyl (C=O) groups is 2. The number of benzene rings is 2. The second-order valence-corrected chi connectivity index (χ2v) is 28.5. The molecule has 0 spiro atoms. The number of carboxylic acids is 2. The molecule has 0 amide bonds. The molecule has 4 aliphatic carbocycles. The molecule has 0 radical (unpaired) electrons. The zero-order chi connectivity index (χ0) is 53.7. The molecule has 21 atom stereocenters. The van der Waals surface area contributed by atoms with Crippen LogP contribution in [0.4, 0.5) is 0 Å². The van der Waals surface area contributed by atoms with Gasteiger partial charge in [-0.05, 0) is 188 Å². The van der Waals surface area contributed by atoms with Gasteiger partial charge in [0.1, 0.15) is 11.5 Å². The van der Waals surface area contributed by atoms with Gasteiger partial charge in [0.25, 0.3) is 0 Å². The van der Waals surface area contributed by atoms with Crippen LogP contribution < -0.4 is 52.0 Å². The van der Waals surface area contributed by atoms with Crippen molar-refractivity contribution in [1.29, 1.82) is 0 Å². The summed E-state index contributed by atoms with van der Waals surface area (Å²) in [6, 6.07) is 11.1. The van der Waals surface area contributed by atoms with E-state index in [0.29, 0.717) is 84.4 Å². The molecule has 5 saturated heterocycles. The average molecular weight is 1050 g/mol. The van der Waals surface area contributed by atoms with Crippen LogP contribution in [-0.2, 0) is 0 Å². The van der Waals surface area contributed by atoms with Crippen LogP contribution in [0.3, 0.4) is 0 Å². The lowest BCUT2D eigenvalue weighted by atomic mass is 9.60. The van der Waals surface area contributed by atoms with Gasteiger partial charge in [-0.1, -0.05) is 93.7 Å². The maximum Gasteiger partial charge on any atom is 0.336 e. The monoisotopic (exact) mass is 1050 g/mol. The Morgan fingerprint density at radius 2 is 0.776 bits per heavy atom. The maximum absolute atomic E-state index is 13.7. The van der Waals surface area contributed by atoms with Crippen LogP contribution in [0.15, 0.2) is 36.4 Å². The third-order valence-electron chi connectivity index (χ3n) is 21.5. The lowest BCUT2D eigenvalue weighted by molar-refractivity contribution is 0.0347. The predicted molar refractivity (Wildman–Crippen MR) is 298 cm³/mol. The van der Waals surface area contributed by atoms with E-state index >= 15 is 0 Å². The van der Waals surface area contributed by atoms with E-state index in [1.165, 1.54) is 51.4 Å². The van der Waals surface area contributed by atoms with Crippen molar-refractivity contribution in [3.05, 3.63) is 58.7 Å². The maximum atomic E-state index is 13.7. The van der Waals surface area contributed by atoms with Gasteiger partial charge in [-0.15, -0.1) is 0 Å². The van der Waals surface area contributed by atoms with Crippen molar-refractivity contribution in [1.82, 2.24) is 42.5 Å². The Kier molecular flexibility index (Phi) is 15.1. The summed E-state index contributed by atoms with van der Waals surface area (Å²) in [4.78, 5) is 27.2. The molecule has 2 aromatic carbocycles. The van der Waals surface area contributed by atoms with Gasteiger partial charge in [-0.25, -0.2) is 9.59 Å². The molecule has 0 aromatic heterocycles. The third kappa shape index (κ3) is 9.95. The summed E-state index contributed by atoms with van der Waals surface area (Å²) in [5.41, 5.74) is 2.27. The summed E-state index contributed by atoms with van der Waals surface area (Å²) in [7, 11) is 0. The third-order valence-corrected chi connectivity index (χ3v) is 21.5. The summed E-state index contributed by atoms with van der Waals surface area (Å²) >= 11 is 0. The first-order valence-corrected chi connectivity index (χ1v) is 30.2. The Labute approximate surface area is 454 Å². The summed E-state index contributed by atoms with van der Waals surface area (Å²) in [6.07, 6.45) is 12.5. The van der Waals surface area contributed by atoms with Crippen LogP contribution in [0.5, 0.6) is 11.5 Å². The molecule has 5 aliphatic heterocycles. The first-order chi connectivity index (χ1) is 36.1. The first-order valence-electron chi connectivity index (χ1n) is 30.2. The molecule has 10 N–H and O–H groups in total. The lowest BCUT2D eigenvalue weighted by Crippen LogP contribution is -2.62.